The van der Waals surface area contributed by atoms with E-state index < -0.39 is 8.07 Å². The molecular weight excluding hydrogens is 751 g/mol. The molecule has 2 aliphatic rings. The standard InChI is InChI=1S/C59H43NSi/c1-59(2)54-27-15-13-24-49(54)50-36-34-44(39-55(50)59)60(56-37-42-17-9-10-22-47(42)48-23-11-12-25-51(48)56)43-32-29-40(30-33-43)41-31-35-53-52-26-14-16-28-57(52)61(58(53)38-41,45-18-5-3-6-19-45)46-20-7-4-8-21-46/h3-39H,1-2H3. The van der Waals surface area contributed by atoms with E-state index in [1.54, 1.807) is 0 Å². The highest BCUT2D eigenvalue weighted by atomic mass is 28.3. The molecular formula is C59H43NSi. The van der Waals surface area contributed by atoms with Gasteiger partial charge in [-0.1, -0.05) is 208 Å². The lowest BCUT2D eigenvalue weighted by atomic mass is 9.82. The zero-order valence-electron chi connectivity index (χ0n) is 34.3. The Balaban J connectivity index is 1.04. The van der Waals surface area contributed by atoms with Crippen LogP contribution in [-0.2, 0) is 5.41 Å². The molecule has 0 N–H and O–H groups in total. The van der Waals surface area contributed by atoms with Gasteiger partial charge in [0, 0.05) is 22.2 Å². The molecule has 1 aliphatic carbocycles. The average molecular weight is 794 g/mol. The van der Waals surface area contributed by atoms with Crippen LogP contribution in [0.5, 0.6) is 0 Å². The Labute approximate surface area is 358 Å². The van der Waals surface area contributed by atoms with E-state index in [0.29, 0.717) is 0 Å². The maximum Gasteiger partial charge on any atom is 0.180 e. The van der Waals surface area contributed by atoms with E-state index in [4.69, 9.17) is 0 Å². The molecule has 12 rings (SSSR count). The predicted octanol–water partition coefficient (Wildman–Crippen LogP) is 12.8. The monoisotopic (exact) mass is 793 g/mol. The summed E-state index contributed by atoms with van der Waals surface area (Å²) < 4.78 is 0. The first-order chi connectivity index (χ1) is 30.0. The molecule has 0 aromatic heterocycles. The van der Waals surface area contributed by atoms with Gasteiger partial charge in [0.1, 0.15) is 0 Å². The van der Waals surface area contributed by atoms with E-state index in [0.717, 1.165) is 11.4 Å². The van der Waals surface area contributed by atoms with Gasteiger partial charge in [-0.05, 0) is 112 Å². The van der Waals surface area contributed by atoms with E-state index in [2.05, 4.69) is 243 Å². The molecule has 0 atom stereocenters. The van der Waals surface area contributed by atoms with Crippen LogP contribution in [0, 0.1) is 0 Å². The van der Waals surface area contributed by atoms with Crippen molar-refractivity contribution in [3.63, 3.8) is 0 Å². The maximum absolute atomic E-state index is 2.61. The Hall–Kier alpha value is -7.26. The number of anilines is 3. The zero-order chi connectivity index (χ0) is 40.7. The highest BCUT2D eigenvalue weighted by molar-refractivity contribution is 7.22. The topological polar surface area (TPSA) is 3.24 Å². The SMILES string of the molecule is CC1(C)c2ccccc2-c2ccc(N(c3ccc(-c4ccc5c(c4)[Si](c4ccccc4)(c4ccccc4)c4ccccc4-5)cc3)c3cc4ccccc4c4ccccc34)cc21. The van der Waals surface area contributed by atoms with Crippen molar-refractivity contribution >= 4 is 67.4 Å². The molecule has 1 aliphatic heterocycles. The second-order valence-corrected chi connectivity index (χ2v) is 21.0. The second-order valence-electron chi connectivity index (χ2n) is 17.2. The lowest BCUT2D eigenvalue weighted by Gasteiger charge is -2.31. The molecule has 288 valence electrons. The van der Waals surface area contributed by atoms with Gasteiger partial charge in [-0.3, -0.25) is 0 Å². The van der Waals surface area contributed by atoms with Crippen molar-refractivity contribution in [1.29, 1.82) is 0 Å². The molecule has 10 aromatic rings. The average Bonchev–Trinajstić information content (AvgIpc) is 3.75. The van der Waals surface area contributed by atoms with Gasteiger partial charge in [0.2, 0.25) is 0 Å². The number of rotatable bonds is 6. The molecule has 2 heteroatoms. The van der Waals surface area contributed by atoms with E-state index in [9.17, 15) is 0 Å². The first-order valence-electron chi connectivity index (χ1n) is 21.4. The third-order valence-electron chi connectivity index (χ3n) is 13.7. The highest BCUT2D eigenvalue weighted by Crippen LogP contribution is 2.51. The summed E-state index contributed by atoms with van der Waals surface area (Å²) in [6.45, 7) is 4.74. The molecule has 0 bridgehead atoms. The van der Waals surface area contributed by atoms with Crippen LogP contribution in [0.25, 0.3) is 54.9 Å². The fourth-order valence-electron chi connectivity index (χ4n) is 10.9. The van der Waals surface area contributed by atoms with Crippen LogP contribution in [0.3, 0.4) is 0 Å². The third-order valence-corrected chi connectivity index (χ3v) is 18.6. The molecule has 10 aromatic carbocycles. The summed E-state index contributed by atoms with van der Waals surface area (Å²) in [5.74, 6) is 0. The smallest absolute Gasteiger partial charge is 0.180 e. The molecule has 0 radical (unpaired) electrons. The van der Waals surface area contributed by atoms with Crippen LogP contribution in [0.2, 0.25) is 0 Å². The number of benzene rings is 10. The summed E-state index contributed by atoms with van der Waals surface area (Å²) in [4.78, 5) is 2.49. The summed E-state index contributed by atoms with van der Waals surface area (Å²) in [6, 6.07) is 84.3. The Kier molecular flexibility index (Phi) is 7.97. The zero-order valence-corrected chi connectivity index (χ0v) is 35.3. The van der Waals surface area contributed by atoms with Gasteiger partial charge in [-0.2, -0.15) is 0 Å². The number of nitrogens with zero attached hydrogens (tertiary/aromatic N) is 1. The molecule has 61 heavy (non-hydrogen) atoms. The Bertz CT molecular complexity index is 3290. The van der Waals surface area contributed by atoms with Crippen LogP contribution >= 0.6 is 0 Å². The molecule has 0 unspecified atom stereocenters. The highest BCUT2D eigenvalue weighted by Gasteiger charge is 2.48. The van der Waals surface area contributed by atoms with Crippen LogP contribution in [0.15, 0.2) is 224 Å². The van der Waals surface area contributed by atoms with E-state index >= 15 is 0 Å². The fourth-order valence-corrected chi connectivity index (χ4v) is 16.1. The predicted molar refractivity (Wildman–Crippen MR) is 262 cm³/mol. The molecule has 0 spiro atoms. The van der Waals surface area contributed by atoms with Crippen molar-refractivity contribution in [3.8, 4) is 33.4 Å². The normalized spacial score (nSPS) is 14.0. The minimum Gasteiger partial charge on any atom is -0.310 e. The summed E-state index contributed by atoms with van der Waals surface area (Å²) in [5, 5.41) is 10.7. The number of hydrogen-bond donors (Lipinski definition) is 0. The molecule has 0 amide bonds. The summed E-state index contributed by atoms with van der Waals surface area (Å²) in [7, 11) is -2.61. The van der Waals surface area contributed by atoms with Crippen LogP contribution < -0.4 is 25.6 Å². The van der Waals surface area contributed by atoms with Crippen molar-refractivity contribution in [3.05, 3.63) is 236 Å². The van der Waals surface area contributed by atoms with Crippen molar-refractivity contribution in [2.75, 3.05) is 4.90 Å². The molecule has 0 fully saturated rings. The first-order valence-corrected chi connectivity index (χ1v) is 23.4. The third kappa shape index (κ3) is 5.25. The Morgan fingerprint density at radius 1 is 0.361 bits per heavy atom. The Morgan fingerprint density at radius 2 is 0.902 bits per heavy atom. The fraction of sp³-hybridized carbons (Fsp3) is 0.0508. The second kappa shape index (κ2) is 13.6. The first kappa shape index (κ1) is 35.7. The lowest BCUT2D eigenvalue weighted by molar-refractivity contribution is 0.660. The van der Waals surface area contributed by atoms with Crippen molar-refractivity contribution in [1.82, 2.24) is 0 Å². The van der Waals surface area contributed by atoms with Crippen molar-refractivity contribution in [2.24, 2.45) is 0 Å². The van der Waals surface area contributed by atoms with E-state index in [1.807, 2.05) is 0 Å². The summed E-state index contributed by atoms with van der Waals surface area (Å²) in [5.41, 5.74) is 13.9. The van der Waals surface area contributed by atoms with Gasteiger partial charge in [0.25, 0.3) is 0 Å². The molecule has 0 saturated heterocycles. The minimum atomic E-state index is -2.61. The van der Waals surface area contributed by atoms with Gasteiger partial charge < -0.3 is 4.90 Å². The van der Waals surface area contributed by atoms with Gasteiger partial charge in [-0.15, -0.1) is 0 Å². The Morgan fingerprint density at radius 3 is 1.66 bits per heavy atom. The van der Waals surface area contributed by atoms with Gasteiger partial charge in [0.15, 0.2) is 8.07 Å². The lowest BCUT2D eigenvalue weighted by Crippen LogP contribution is -2.72. The maximum atomic E-state index is 2.52. The summed E-state index contributed by atoms with van der Waals surface area (Å²) >= 11 is 0. The minimum absolute atomic E-state index is 0.117. The molecule has 1 heterocycles. The van der Waals surface area contributed by atoms with Gasteiger partial charge >= 0.3 is 0 Å². The van der Waals surface area contributed by atoms with Crippen LogP contribution in [0.4, 0.5) is 17.1 Å². The molecule has 0 saturated carbocycles. The van der Waals surface area contributed by atoms with E-state index in [-0.39, 0.29) is 5.41 Å². The van der Waals surface area contributed by atoms with Crippen molar-refractivity contribution < 1.29 is 0 Å². The summed E-state index contributed by atoms with van der Waals surface area (Å²) in [6.07, 6.45) is 0. The van der Waals surface area contributed by atoms with Gasteiger partial charge in [0.05, 0.1) is 5.69 Å². The largest absolute Gasteiger partial charge is 0.310 e. The number of fused-ring (bicyclic) bond motifs is 9. The number of hydrogen-bond acceptors (Lipinski definition) is 1. The van der Waals surface area contributed by atoms with E-state index in [1.165, 1.54) is 92.5 Å². The van der Waals surface area contributed by atoms with Gasteiger partial charge in [-0.25, -0.2) is 0 Å². The van der Waals surface area contributed by atoms with Crippen molar-refractivity contribution in [2.45, 2.75) is 19.3 Å². The quantitative estimate of drug-likeness (QED) is 0.120. The van der Waals surface area contributed by atoms with Crippen LogP contribution in [0.1, 0.15) is 25.0 Å². The molecule has 1 nitrogen and oxygen atoms in total. The van der Waals surface area contributed by atoms with Crippen LogP contribution in [-0.4, -0.2) is 8.07 Å².